The zero-order valence-electron chi connectivity index (χ0n) is 25.4. The van der Waals surface area contributed by atoms with Crippen LogP contribution in [0.3, 0.4) is 0 Å². The van der Waals surface area contributed by atoms with Crippen LogP contribution in [0, 0.1) is 0 Å². The Morgan fingerprint density at radius 1 is 0.452 bits per heavy atom. The molecule has 6 aromatic rings. The van der Waals surface area contributed by atoms with Crippen molar-refractivity contribution in [1.82, 2.24) is 0 Å². The lowest BCUT2D eigenvalue weighted by Gasteiger charge is -2.05. The molecule has 0 atom stereocenters. The third-order valence-electron chi connectivity index (χ3n) is 9.03. The average Bonchev–Trinajstić information content (AvgIpc) is 3.55. The molecule has 218 valence electrons. The Hall–Kier alpha value is -2.68. The minimum Gasteiger partial charge on any atom is -0.134 e. The summed E-state index contributed by atoms with van der Waals surface area (Å²) in [5.41, 5.74) is 4.08. The molecule has 0 amide bonds. The van der Waals surface area contributed by atoms with Gasteiger partial charge in [0, 0.05) is 20.2 Å². The van der Waals surface area contributed by atoms with Gasteiger partial charge < -0.3 is 0 Å². The first-order valence-corrected chi connectivity index (χ1v) is 18.3. The lowest BCUT2D eigenvalue weighted by molar-refractivity contribution is 0.535. The standard InChI is InChI=1S/C40H46S2/c1-2-3-4-5-6-7-8-9-10-11-12-13-14-16-19-30-22-25-37-35(26-30)39-40(41-37)36-28-34-27-32(31-20-17-15-18-21-31)23-24-33(34)29-38(36)42-39/h15,17-18,20-29H,2-14,16,19H2,1H3. The van der Waals surface area contributed by atoms with E-state index in [9.17, 15) is 0 Å². The maximum Gasteiger partial charge on any atom is 0.0542 e. The molecule has 42 heavy (non-hydrogen) atoms. The van der Waals surface area contributed by atoms with Gasteiger partial charge in [0.1, 0.15) is 0 Å². The summed E-state index contributed by atoms with van der Waals surface area (Å²) in [7, 11) is 0. The van der Waals surface area contributed by atoms with Crippen LogP contribution in [0.4, 0.5) is 0 Å². The normalized spacial score (nSPS) is 11.9. The summed E-state index contributed by atoms with van der Waals surface area (Å²) in [6, 6.07) is 29.7. The molecule has 0 saturated carbocycles. The topological polar surface area (TPSA) is 0 Å². The Morgan fingerprint density at radius 3 is 1.76 bits per heavy atom. The predicted molar refractivity (Wildman–Crippen MR) is 192 cm³/mol. The molecule has 0 aliphatic heterocycles. The molecule has 0 bridgehead atoms. The first-order chi connectivity index (χ1) is 20.8. The summed E-state index contributed by atoms with van der Waals surface area (Å²) in [6.45, 7) is 2.30. The van der Waals surface area contributed by atoms with Gasteiger partial charge >= 0.3 is 0 Å². The van der Waals surface area contributed by atoms with E-state index in [1.807, 2.05) is 22.7 Å². The lowest BCUT2D eigenvalue weighted by Crippen LogP contribution is -1.86. The number of fused-ring (bicyclic) bond motifs is 6. The van der Waals surface area contributed by atoms with E-state index in [1.54, 1.807) is 0 Å². The number of hydrogen-bond donors (Lipinski definition) is 0. The molecule has 0 radical (unpaired) electrons. The molecule has 0 saturated heterocycles. The highest BCUT2D eigenvalue weighted by atomic mass is 32.1. The van der Waals surface area contributed by atoms with E-state index in [0.29, 0.717) is 0 Å². The fraction of sp³-hybridized carbons (Fsp3) is 0.400. The second kappa shape index (κ2) is 14.7. The Labute approximate surface area is 260 Å². The van der Waals surface area contributed by atoms with Crippen LogP contribution in [0.1, 0.15) is 102 Å². The molecule has 0 aliphatic carbocycles. The zero-order valence-corrected chi connectivity index (χ0v) is 27.1. The van der Waals surface area contributed by atoms with E-state index in [0.717, 1.165) is 0 Å². The average molecular weight is 591 g/mol. The quantitative estimate of drug-likeness (QED) is 0.0984. The molecular formula is C40H46S2. The van der Waals surface area contributed by atoms with E-state index in [1.165, 1.54) is 153 Å². The van der Waals surface area contributed by atoms with Crippen molar-refractivity contribution in [1.29, 1.82) is 0 Å². The fourth-order valence-electron chi connectivity index (χ4n) is 6.54. The van der Waals surface area contributed by atoms with Gasteiger partial charge in [-0.1, -0.05) is 139 Å². The highest BCUT2D eigenvalue weighted by Crippen LogP contribution is 2.45. The molecular weight excluding hydrogens is 545 g/mol. The maximum atomic E-state index is 2.50. The largest absolute Gasteiger partial charge is 0.134 e. The molecule has 2 aromatic heterocycles. The van der Waals surface area contributed by atoms with Gasteiger partial charge in [0.25, 0.3) is 0 Å². The van der Waals surface area contributed by atoms with E-state index in [-0.39, 0.29) is 0 Å². The van der Waals surface area contributed by atoms with Gasteiger partial charge in [0.15, 0.2) is 0 Å². The predicted octanol–water partition coefficient (Wildman–Crippen LogP) is 14.1. The second-order valence-corrected chi connectivity index (χ2v) is 14.4. The van der Waals surface area contributed by atoms with Gasteiger partial charge in [-0.3, -0.25) is 0 Å². The van der Waals surface area contributed by atoms with Crippen LogP contribution in [0.2, 0.25) is 0 Å². The Morgan fingerprint density at radius 2 is 1.07 bits per heavy atom. The van der Waals surface area contributed by atoms with Gasteiger partial charge in [-0.05, 0) is 70.6 Å². The van der Waals surface area contributed by atoms with Gasteiger partial charge in [-0.2, -0.15) is 0 Å². The molecule has 0 nitrogen and oxygen atoms in total. The molecule has 0 spiro atoms. The smallest absolute Gasteiger partial charge is 0.0542 e. The molecule has 6 rings (SSSR count). The van der Waals surface area contributed by atoms with E-state index >= 15 is 0 Å². The Balaban J connectivity index is 1.03. The molecule has 0 aliphatic rings. The highest BCUT2D eigenvalue weighted by Gasteiger charge is 2.14. The van der Waals surface area contributed by atoms with E-state index in [4.69, 9.17) is 0 Å². The third kappa shape index (κ3) is 7.09. The number of unbranched alkanes of at least 4 members (excludes halogenated alkanes) is 13. The van der Waals surface area contributed by atoms with Crippen molar-refractivity contribution < 1.29 is 0 Å². The molecule has 0 fully saturated rings. The van der Waals surface area contributed by atoms with Crippen molar-refractivity contribution >= 4 is 63.0 Å². The molecule has 0 N–H and O–H groups in total. The number of benzene rings is 4. The summed E-state index contributed by atoms with van der Waals surface area (Å²) in [4.78, 5) is 0. The fourth-order valence-corrected chi connectivity index (χ4v) is 9.18. The van der Waals surface area contributed by atoms with Gasteiger partial charge in [0.05, 0.1) is 9.40 Å². The lowest BCUT2D eigenvalue weighted by atomic mass is 10.0. The summed E-state index contributed by atoms with van der Waals surface area (Å²) >= 11 is 3.96. The van der Waals surface area contributed by atoms with Gasteiger partial charge in [-0.15, -0.1) is 22.7 Å². The van der Waals surface area contributed by atoms with Crippen molar-refractivity contribution in [2.24, 2.45) is 0 Å². The van der Waals surface area contributed by atoms with Crippen molar-refractivity contribution in [2.75, 3.05) is 0 Å². The van der Waals surface area contributed by atoms with Crippen LogP contribution in [0.15, 0.2) is 78.9 Å². The summed E-state index contributed by atoms with van der Waals surface area (Å²) in [5.74, 6) is 0. The van der Waals surface area contributed by atoms with Crippen molar-refractivity contribution in [3.63, 3.8) is 0 Å². The van der Waals surface area contributed by atoms with E-state index < -0.39 is 0 Å². The zero-order chi connectivity index (χ0) is 28.6. The number of rotatable bonds is 16. The van der Waals surface area contributed by atoms with Gasteiger partial charge in [0.2, 0.25) is 0 Å². The van der Waals surface area contributed by atoms with Crippen LogP contribution >= 0.6 is 22.7 Å². The van der Waals surface area contributed by atoms with E-state index in [2.05, 4.69) is 85.8 Å². The van der Waals surface area contributed by atoms with Gasteiger partial charge in [-0.25, -0.2) is 0 Å². The first-order valence-electron chi connectivity index (χ1n) is 16.7. The van der Waals surface area contributed by atoms with Crippen LogP contribution in [-0.4, -0.2) is 0 Å². The summed E-state index contributed by atoms with van der Waals surface area (Å²) in [5, 5.41) is 5.55. The number of hydrogen-bond acceptors (Lipinski definition) is 2. The molecule has 2 heterocycles. The molecule has 2 heteroatoms. The first kappa shape index (κ1) is 29.4. The van der Waals surface area contributed by atoms with Crippen LogP contribution in [0.25, 0.3) is 51.5 Å². The SMILES string of the molecule is CCCCCCCCCCCCCCCCc1ccc2sc3c4cc5cc(-c6ccccc6)ccc5cc4sc3c2c1. The second-order valence-electron chi connectivity index (χ2n) is 12.3. The van der Waals surface area contributed by atoms with Crippen molar-refractivity contribution in [3.8, 4) is 11.1 Å². The summed E-state index contributed by atoms with van der Waals surface area (Å²) in [6.07, 6.45) is 21.1. The van der Waals surface area contributed by atoms with Crippen molar-refractivity contribution in [2.45, 2.75) is 103 Å². The Bertz CT molecular complexity index is 1720. The minimum absolute atomic E-state index is 1.21. The summed E-state index contributed by atoms with van der Waals surface area (Å²) < 4.78 is 5.79. The molecule has 0 unspecified atom stereocenters. The van der Waals surface area contributed by atoms with Crippen molar-refractivity contribution in [3.05, 3.63) is 84.4 Å². The van der Waals surface area contributed by atoms with Crippen LogP contribution in [0.5, 0.6) is 0 Å². The van der Waals surface area contributed by atoms with Crippen LogP contribution in [-0.2, 0) is 6.42 Å². The number of aryl methyl sites for hydroxylation is 1. The maximum absolute atomic E-state index is 2.50. The Kier molecular flexibility index (Phi) is 10.3. The number of thiophene rings is 2. The third-order valence-corrected chi connectivity index (χ3v) is 11.5. The molecule has 4 aromatic carbocycles. The minimum atomic E-state index is 1.21. The highest BCUT2D eigenvalue weighted by molar-refractivity contribution is 7.36. The van der Waals surface area contributed by atoms with Crippen LogP contribution < -0.4 is 0 Å². The monoisotopic (exact) mass is 590 g/mol.